The highest BCUT2D eigenvalue weighted by atomic mass is 19.1. The van der Waals surface area contributed by atoms with E-state index < -0.39 is 6.17 Å². The minimum atomic E-state index is -0.800. The van der Waals surface area contributed by atoms with Gasteiger partial charge < -0.3 is 10.6 Å². The number of anilines is 1. The predicted molar refractivity (Wildman–Crippen MR) is 51.7 cm³/mol. The van der Waals surface area contributed by atoms with Gasteiger partial charge in [0.05, 0.1) is 6.54 Å². The topological polar surface area (TPSA) is 55.0 Å². The summed E-state index contributed by atoms with van der Waals surface area (Å²) in [6.07, 6.45) is 1.29. The van der Waals surface area contributed by atoms with Crippen molar-refractivity contribution in [2.75, 3.05) is 18.0 Å². The number of hydrogen-bond donors (Lipinski definition) is 1. The summed E-state index contributed by atoms with van der Waals surface area (Å²) in [6, 6.07) is 3.68. The van der Waals surface area contributed by atoms with Crippen LogP contribution in [0.2, 0.25) is 0 Å². The number of halogens is 1. The van der Waals surface area contributed by atoms with Crippen molar-refractivity contribution in [1.82, 2.24) is 10.2 Å². The molecule has 2 rings (SSSR count). The standard InChI is InChI=1S/C9H13FN4/c10-7-4-8(5-11)14(6-7)9-2-1-3-12-13-9/h1-3,7-8H,4-6,11H2/t7-,8+/m0/s1. The molecule has 1 aromatic rings. The summed E-state index contributed by atoms with van der Waals surface area (Å²) in [5, 5.41) is 7.72. The molecular weight excluding hydrogens is 183 g/mol. The van der Waals surface area contributed by atoms with Gasteiger partial charge >= 0.3 is 0 Å². The number of nitrogens with zero attached hydrogens (tertiary/aromatic N) is 3. The molecule has 0 saturated carbocycles. The number of alkyl halides is 1. The summed E-state index contributed by atoms with van der Waals surface area (Å²) >= 11 is 0. The Morgan fingerprint density at radius 3 is 3.14 bits per heavy atom. The van der Waals surface area contributed by atoms with Gasteiger partial charge in [-0.3, -0.25) is 0 Å². The lowest BCUT2D eigenvalue weighted by Gasteiger charge is -2.23. The Labute approximate surface area is 81.9 Å². The number of aromatic nitrogens is 2. The van der Waals surface area contributed by atoms with Gasteiger partial charge in [0.2, 0.25) is 0 Å². The van der Waals surface area contributed by atoms with E-state index in [1.165, 1.54) is 0 Å². The fraction of sp³-hybridized carbons (Fsp3) is 0.556. The van der Waals surface area contributed by atoms with Crippen LogP contribution >= 0.6 is 0 Å². The maximum absolute atomic E-state index is 13.2. The van der Waals surface area contributed by atoms with Gasteiger partial charge in [-0.25, -0.2) is 4.39 Å². The van der Waals surface area contributed by atoms with Gasteiger partial charge in [-0.2, -0.15) is 5.10 Å². The van der Waals surface area contributed by atoms with Crippen molar-refractivity contribution in [3.05, 3.63) is 18.3 Å². The van der Waals surface area contributed by atoms with E-state index in [9.17, 15) is 4.39 Å². The van der Waals surface area contributed by atoms with E-state index in [2.05, 4.69) is 10.2 Å². The molecule has 5 heteroatoms. The van der Waals surface area contributed by atoms with Crippen molar-refractivity contribution in [2.24, 2.45) is 5.73 Å². The molecule has 0 radical (unpaired) electrons. The fourth-order valence-electron chi connectivity index (χ4n) is 1.81. The maximum atomic E-state index is 13.2. The normalized spacial score (nSPS) is 26.9. The molecule has 0 aliphatic carbocycles. The SMILES string of the molecule is NC[C@H]1C[C@H](F)CN1c1cccnn1. The Morgan fingerprint density at radius 2 is 2.50 bits per heavy atom. The van der Waals surface area contributed by atoms with Crippen LogP contribution in [0.3, 0.4) is 0 Å². The first-order valence-electron chi connectivity index (χ1n) is 4.69. The van der Waals surface area contributed by atoms with Gasteiger partial charge in [0.1, 0.15) is 6.17 Å². The average molecular weight is 196 g/mol. The van der Waals surface area contributed by atoms with E-state index in [0.29, 0.717) is 25.3 Å². The Bertz CT molecular complexity index is 292. The zero-order valence-electron chi connectivity index (χ0n) is 7.81. The lowest BCUT2D eigenvalue weighted by molar-refractivity contribution is 0.356. The zero-order chi connectivity index (χ0) is 9.97. The van der Waals surface area contributed by atoms with E-state index in [4.69, 9.17) is 5.73 Å². The molecule has 14 heavy (non-hydrogen) atoms. The predicted octanol–water partition coefficient (Wildman–Crippen LogP) is 0.352. The fourth-order valence-corrected chi connectivity index (χ4v) is 1.81. The monoisotopic (exact) mass is 196 g/mol. The molecule has 0 aromatic carbocycles. The van der Waals surface area contributed by atoms with Crippen molar-refractivity contribution in [2.45, 2.75) is 18.6 Å². The van der Waals surface area contributed by atoms with Crippen LogP contribution in [-0.2, 0) is 0 Å². The highest BCUT2D eigenvalue weighted by molar-refractivity contribution is 5.40. The van der Waals surface area contributed by atoms with Crippen LogP contribution in [0.15, 0.2) is 18.3 Å². The van der Waals surface area contributed by atoms with Crippen molar-refractivity contribution in [3.8, 4) is 0 Å². The first kappa shape index (κ1) is 9.33. The summed E-state index contributed by atoms with van der Waals surface area (Å²) in [5.41, 5.74) is 5.57. The molecule has 1 aromatic heterocycles. The molecule has 1 aliphatic heterocycles. The second-order valence-electron chi connectivity index (χ2n) is 3.46. The average Bonchev–Trinajstić information content (AvgIpc) is 2.61. The molecule has 2 heterocycles. The third-order valence-electron chi connectivity index (χ3n) is 2.49. The Kier molecular flexibility index (Phi) is 2.58. The maximum Gasteiger partial charge on any atom is 0.151 e. The van der Waals surface area contributed by atoms with Crippen molar-refractivity contribution in [3.63, 3.8) is 0 Å². The highest BCUT2D eigenvalue weighted by Crippen LogP contribution is 2.24. The van der Waals surface area contributed by atoms with Gasteiger partial charge in [0.25, 0.3) is 0 Å². The lowest BCUT2D eigenvalue weighted by atomic mass is 10.2. The van der Waals surface area contributed by atoms with Gasteiger partial charge in [0.15, 0.2) is 5.82 Å². The summed E-state index contributed by atoms with van der Waals surface area (Å²) in [7, 11) is 0. The molecule has 1 saturated heterocycles. The number of rotatable bonds is 2. The third-order valence-corrected chi connectivity index (χ3v) is 2.49. The first-order chi connectivity index (χ1) is 6.81. The van der Waals surface area contributed by atoms with Crippen molar-refractivity contribution >= 4 is 5.82 Å². The minimum Gasteiger partial charge on any atom is -0.348 e. The number of hydrogen-bond acceptors (Lipinski definition) is 4. The second kappa shape index (κ2) is 3.88. The summed E-state index contributed by atoms with van der Waals surface area (Å²) in [5.74, 6) is 0.711. The molecular formula is C9H13FN4. The van der Waals surface area contributed by atoms with Crippen LogP contribution < -0.4 is 10.6 Å². The molecule has 2 atom stereocenters. The lowest BCUT2D eigenvalue weighted by Crippen LogP contribution is -2.36. The molecule has 76 valence electrons. The molecule has 1 fully saturated rings. The van der Waals surface area contributed by atoms with E-state index >= 15 is 0 Å². The Hall–Kier alpha value is -1.23. The molecule has 1 aliphatic rings. The van der Waals surface area contributed by atoms with Crippen molar-refractivity contribution in [1.29, 1.82) is 0 Å². The van der Waals surface area contributed by atoms with Gasteiger partial charge in [-0.15, -0.1) is 5.10 Å². The van der Waals surface area contributed by atoms with E-state index in [0.717, 1.165) is 0 Å². The van der Waals surface area contributed by atoms with Gasteiger partial charge in [-0.1, -0.05) is 0 Å². The van der Waals surface area contributed by atoms with E-state index in [1.54, 1.807) is 12.3 Å². The summed E-state index contributed by atoms with van der Waals surface area (Å²) < 4.78 is 13.2. The van der Waals surface area contributed by atoms with Crippen LogP contribution in [0.25, 0.3) is 0 Å². The van der Waals surface area contributed by atoms with Crippen LogP contribution in [0.5, 0.6) is 0 Å². The Morgan fingerprint density at radius 1 is 1.64 bits per heavy atom. The third kappa shape index (κ3) is 1.68. The number of nitrogens with two attached hydrogens (primary N) is 1. The van der Waals surface area contributed by atoms with Gasteiger partial charge in [0, 0.05) is 25.2 Å². The first-order valence-corrected chi connectivity index (χ1v) is 4.69. The van der Waals surface area contributed by atoms with Crippen LogP contribution in [0.4, 0.5) is 10.2 Å². The van der Waals surface area contributed by atoms with Crippen LogP contribution in [-0.4, -0.2) is 35.5 Å². The minimum absolute atomic E-state index is 0.0571. The zero-order valence-corrected chi connectivity index (χ0v) is 7.81. The van der Waals surface area contributed by atoms with Crippen LogP contribution in [0, 0.1) is 0 Å². The van der Waals surface area contributed by atoms with Crippen LogP contribution in [0.1, 0.15) is 6.42 Å². The van der Waals surface area contributed by atoms with E-state index in [-0.39, 0.29) is 6.04 Å². The molecule has 0 amide bonds. The molecule has 0 spiro atoms. The smallest absolute Gasteiger partial charge is 0.151 e. The molecule has 0 unspecified atom stereocenters. The van der Waals surface area contributed by atoms with Gasteiger partial charge in [-0.05, 0) is 12.1 Å². The van der Waals surface area contributed by atoms with E-state index in [1.807, 2.05) is 11.0 Å². The molecule has 4 nitrogen and oxygen atoms in total. The molecule has 2 N–H and O–H groups in total. The largest absolute Gasteiger partial charge is 0.348 e. The quantitative estimate of drug-likeness (QED) is 0.741. The highest BCUT2D eigenvalue weighted by Gasteiger charge is 2.31. The Balaban J connectivity index is 2.18. The summed E-state index contributed by atoms with van der Waals surface area (Å²) in [6.45, 7) is 0.831. The second-order valence-corrected chi connectivity index (χ2v) is 3.46. The summed E-state index contributed by atoms with van der Waals surface area (Å²) in [4.78, 5) is 1.89. The van der Waals surface area contributed by atoms with Crippen molar-refractivity contribution < 1.29 is 4.39 Å². The molecule has 0 bridgehead atoms.